The summed E-state index contributed by atoms with van der Waals surface area (Å²) in [6.45, 7) is 3.39. The molecule has 3 fully saturated rings. The van der Waals surface area contributed by atoms with E-state index in [1.807, 2.05) is 24.3 Å². The van der Waals surface area contributed by atoms with Crippen molar-refractivity contribution in [2.24, 2.45) is 23.2 Å². The number of aliphatic carboxylic acids is 1. The van der Waals surface area contributed by atoms with Crippen molar-refractivity contribution < 1.29 is 41.8 Å². The van der Waals surface area contributed by atoms with Gasteiger partial charge in [-0.25, -0.2) is 0 Å². The molecule has 1 aliphatic heterocycles. The summed E-state index contributed by atoms with van der Waals surface area (Å²) in [6, 6.07) is 7.73. The highest BCUT2D eigenvalue weighted by atomic mass is 19.4. The van der Waals surface area contributed by atoms with Gasteiger partial charge in [-0.05, 0) is 105 Å². The van der Waals surface area contributed by atoms with Gasteiger partial charge in [0, 0.05) is 24.3 Å². The van der Waals surface area contributed by atoms with Gasteiger partial charge in [0.2, 0.25) is 0 Å². The SMILES string of the molecule is C[C@]12C[C@H](c3ccc(CN4CCC(C(=O)O)CC4)cc3)C3=C4CCC(=O)C=C4CCC3C1CC[C@]2(O)C(F)(F)C(F)(F)F. The van der Waals surface area contributed by atoms with E-state index in [-0.39, 0.29) is 30.5 Å². The molecule has 43 heavy (non-hydrogen) atoms. The molecule has 2 N–H and O–H groups in total. The van der Waals surface area contributed by atoms with E-state index in [1.54, 1.807) is 6.08 Å². The number of hydrogen-bond acceptors (Lipinski definition) is 4. The maximum Gasteiger partial charge on any atom is 0.456 e. The van der Waals surface area contributed by atoms with Crippen LogP contribution in [-0.2, 0) is 16.1 Å². The number of carboxylic acid groups (broad SMARTS) is 1. The van der Waals surface area contributed by atoms with Gasteiger partial charge in [0.25, 0.3) is 0 Å². The topological polar surface area (TPSA) is 77.8 Å². The summed E-state index contributed by atoms with van der Waals surface area (Å²) in [6.07, 6.45) is -1.62. The van der Waals surface area contributed by atoms with Gasteiger partial charge in [-0.15, -0.1) is 0 Å². The highest BCUT2D eigenvalue weighted by Gasteiger charge is 2.79. The Kier molecular flexibility index (Phi) is 7.43. The smallest absolute Gasteiger partial charge is 0.456 e. The maximum absolute atomic E-state index is 15.2. The molecule has 1 heterocycles. The Morgan fingerprint density at radius 3 is 2.30 bits per heavy atom. The summed E-state index contributed by atoms with van der Waals surface area (Å²) in [7, 11) is 0. The van der Waals surface area contributed by atoms with Crippen LogP contribution in [-0.4, -0.2) is 57.7 Å². The Hall–Kier alpha value is -2.59. The number of carboxylic acids is 1. The fourth-order valence-corrected chi connectivity index (χ4v) is 9.17. The third kappa shape index (κ3) is 4.78. The van der Waals surface area contributed by atoms with E-state index in [2.05, 4.69) is 4.90 Å². The van der Waals surface area contributed by atoms with Crippen LogP contribution in [0.2, 0.25) is 0 Å². The van der Waals surface area contributed by atoms with Crippen molar-refractivity contribution in [3.8, 4) is 0 Å². The van der Waals surface area contributed by atoms with Crippen molar-refractivity contribution in [1.82, 2.24) is 4.90 Å². The van der Waals surface area contributed by atoms with Crippen molar-refractivity contribution in [3.63, 3.8) is 0 Å². The minimum atomic E-state index is -5.87. The third-order valence-corrected chi connectivity index (χ3v) is 11.5. The van der Waals surface area contributed by atoms with Gasteiger partial charge in [-0.1, -0.05) is 36.8 Å². The number of piperidine rings is 1. The molecule has 5 atom stereocenters. The summed E-state index contributed by atoms with van der Waals surface area (Å²) in [5.74, 6) is -7.56. The first-order valence-corrected chi connectivity index (χ1v) is 15.3. The fraction of sp³-hybridized carbons (Fsp3) is 0.636. The predicted octanol–water partition coefficient (Wildman–Crippen LogP) is 6.81. The maximum atomic E-state index is 15.2. The Morgan fingerprint density at radius 2 is 1.67 bits per heavy atom. The Labute approximate surface area is 247 Å². The molecule has 0 bridgehead atoms. The van der Waals surface area contributed by atoms with E-state index in [0.717, 1.165) is 27.8 Å². The van der Waals surface area contributed by atoms with Crippen LogP contribution in [0.1, 0.15) is 81.8 Å². The minimum Gasteiger partial charge on any atom is -0.481 e. The third-order valence-electron chi connectivity index (χ3n) is 11.5. The zero-order valence-corrected chi connectivity index (χ0v) is 24.2. The van der Waals surface area contributed by atoms with Gasteiger partial charge in [-0.2, -0.15) is 22.0 Å². The van der Waals surface area contributed by atoms with Crippen LogP contribution in [0.5, 0.6) is 0 Å². The highest BCUT2D eigenvalue weighted by molar-refractivity contribution is 5.93. The number of hydrogen-bond donors (Lipinski definition) is 2. The van der Waals surface area contributed by atoms with Crippen LogP contribution >= 0.6 is 0 Å². The number of aliphatic hydroxyl groups is 1. The van der Waals surface area contributed by atoms with Gasteiger partial charge in [0.05, 0.1) is 5.92 Å². The van der Waals surface area contributed by atoms with Crippen molar-refractivity contribution in [1.29, 1.82) is 0 Å². The van der Waals surface area contributed by atoms with Gasteiger partial charge >= 0.3 is 18.1 Å². The molecule has 5 aliphatic rings. The van der Waals surface area contributed by atoms with E-state index in [1.165, 1.54) is 6.92 Å². The van der Waals surface area contributed by atoms with Crippen molar-refractivity contribution >= 4 is 11.8 Å². The molecule has 10 heteroatoms. The summed E-state index contributed by atoms with van der Waals surface area (Å²) in [5, 5.41) is 20.7. The predicted molar refractivity (Wildman–Crippen MR) is 148 cm³/mol. The molecule has 1 saturated heterocycles. The lowest BCUT2D eigenvalue weighted by Gasteiger charge is -2.56. The molecule has 2 saturated carbocycles. The van der Waals surface area contributed by atoms with Crippen LogP contribution < -0.4 is 0 Å². The lowest BCUT2D eigenvalue weighted by Crippen LogP contribution is -2.65. The molecule has 0 amide bonds. The number of nitrogens with zero attached hydrogens (tertiary/aromatic N) is 1. The molecule has 2 unspecified atom stereocenters. The van der Waals surface area contributed by atoms with Crippen molar-refractivity contribution in [2.75, 3.05) is 13.1 Å². The number of ketones is 1. The molecule has 1 aromatic carbocycles. The van der Waals surface area contributed by atoms with E-state index in [4.69, 9.17) is 0 Å². The molecule has 234 valence electrons. The van der Waals surface area contributed by atoms with E-state index in [9.17, 15) is 33.0 Å². The first-order valence-electron chi connectivity index (χ1n) is 15.3. The summed E-state index contributed by atoms with van der Waals surface area (Å²) in [5.41, 5.74) is -0.0426. The first-order chi connectivity index (χ1) is 20.2. The molecule has 5 nitrogen and oxygen atoms in total. The quantitative estimate of drug-likeness (QED) is 0.360. The van der Waals surface area contributed by atoms with Crippen LogP contribution in [0.3, 0.4) is 0 Å². The summed E-state index contributed by atoms with van der Waals surface area (Å²) < 4.78 is 71.7. The molecule has 0 aromatic heterocycles. The molecular weight excluding hydrogens is 569 g/mol. The Morgan fingerprint density at radius 1 is 1.00 bits per heavy atom. The lowest BCUT2D eigenvalue weighted by atomic mass is 9.50. The van der Waals surface area contributed by atoms with E-state index in [0.29, 0.717) is 58.2 Å². The molecule has 6 rings (SSSR count). The average molecular weight is 608 g/mol. The van der Waals surface area contributed by atoms with Crippen molar-refractivity contribution in [2.45, 2.75) is 94.9 Å². The standard InChI is InChI=1S/C33H38F5NO4/c1-30-17-26(20-4-2-19(3-5-20)18-39-14-11-21(12-15-39)29(41)42)28-24-9-7-23(40)16-22(24)6-8-25(28)27(30)10-13-31(30,43)32(34,35)33(36,37)38/h2-5,16,21,25-27,43H,6-15,17-18H2,1H3,(H,41,42)/t25?,26-,27?,30+,31-/m1/s1. The van der Waals surface area contributed by atoms with Crippen LogP contribution in [0, 0.1) is 23.2 Å². The number of carbonyl (C=O) groups excluding carboxylic acids is 1. The second-order valence-corrected chi connectivity index (χ2v) is 13.6. The second kappa shape index (κ2) is 10.5. The molecule has 4 aliphatic carbocycles. The number of alkyl halides is 5. The number of carbonyl (C=O) groups is 2. The first kappa shape index (κ1) is 30.4. The van der Waals surface area contributed by atoms with E-state index < -0.39 is 47.3 Å². The number of benzene rings is 1. The van der Waals surface area contributed by atoms with Gasteiger partial charge < -0.3 is 10.2 Å². The number of rotatable bonds is 5. The van der Waals surface area contributed by atoms with Crippen LogP contribution in [0.25, 0.3) is 0 Å². The summed E-state index contributed by atoms with van der Waals surface area (Å²) in [4.78, 5) is 25.7. The fourth-order valence-electron chi connectivity index (χ4n) is 9.17. The minimum absolute atomic E-state index is 0.0432. The largest absolute Gasteiger partial charge is 0.481 e. The van der Waals surface area contributed by atoms with Crippen LogP contribution in [0.4, 0.5) is 22.0 Å². The van der Waals surface area contributed by atoms with Crippen LogP contribution in [0.15, 0.2) is 47.1 Å². The normalized spacial score (nSPS) is 34.0. The van der Waals surface area contributed by atoms with Crippen molar-refractivity contribution in [3.05, 3.63) is 58.2 Å². The molecule has 0 radical (unpaired) electrons. The van der Waals surface area contributed by atoms with Gasteiger partial charge in [0.1, 0.15) is 5.60 Å². The number of allylic oxidation sites excluding steroid dienone is 4. The van der Waals surface area contributed by atoms with Gasteiger partial charge in [0.15, 0.2) is 5.78 Å². The molecular formula is C33H38F5NO4. The zero-order valence-electron chi connectivity index (χ0n) is 24.2. The van der Waals surface area contributed by atoms with E-state index >= 15 is 8.78 Å². The second-order valence-electron chi connectivity index (χ2n) is 13.6. The number of fused-ring (bicyclic) bond motifs is 4. The highest BCUT2D eigenvalue weighted by Crippen LogP contribution is 2.70. The Balaban J connectivity index is 1.36. The average Bonchev–Trinajstić information content (AvgIpc) is 3.24. The number of likely N-dealkylation sites (tertiary alicyclic amines) is 1. The van der Waals surface area contributed by atoms with Gasteiger partial charge in [-0.3, -0.25) is 14.5 Å². The Bertz CT molecular complexity index is 1360. The number of halogens is 5. The zero-order chi connectivity index (χ0) is 30.9. The molecule has 0 spiro atoms. The summed E-state index contributed by atoms with van der Waals surface area (Å²) >= 11 is 0. The monoisotopic (exact) mass is 607 g/mol. The lowest BCUT2D eigenvalue weighted by molar-refractivity contribution is -0.362. The molecule has 1 aromatic rings.